The molecule has 0 bridgehead atoms. The Kier molecular flexibility index (Phi) is 4.29. The van der Waals surface area contributed by atoms with Crippen molar-refractivity contribution in [3.05, 3.63) is 59.5 Å². The first-order chi connectivity index (χ1) is 10.7. The van der Waals surface area contributed by atoms with Crippen molar-refractivity contribution >= 4 is 5.91 Å². The van der Waals surface area contributed by atoms with Crippen molar-refractivity contribution < 1.29 is 13.9 Å². The van der Waals surface area contributed by atoms with Crippen LogP contribution in [0.3, 0.4) is 0 Å². The fraction of sp³-hybridized carbons (Fsp3) is 0.389. The predicted octanol–water partition coefficient (Wildman–Crippen LogP) is 3.06. The van der Waals surface area contributed by atoms with Gasteiger partial charge in [0.2, 0.25) is 0 Å². The van der Waals surface area contributed by atoms with Crippen molar-refractivity contribution in [2.24, 2.45) is 0 Å². The molecule has 1 aromatic carbocycles. The van der Waals surface area contributed by atoms with Gasteiger partial charge in [-0.3, -0.25) is 4.79 Å². The van der Waals surface area contributed by atoms with Crippen molar-refractivity contribution in [3.8, 4) is 0 Å². The zero-order chi connectivity index (χ0) is 15.5. The van der Waals surface area contributed by atoms with Gasteiger partial charge >= 0.3 is 0 Å². The minimum atomic E-state index is -0.0476. The minimum absolute atomic E-state index is 0.0466. The van der Waals surface area contributed by atoms with Crippen LogP contribution >= 0.6 is 0 Å². The highest BCUT2D eigenvalue weighted by Gasteiger charge is 2.38. The molecule has 1 aromatic heterocycles. The molecule has 1 amide bonds. The Labute approximate surface area is 130 Å². The zero-order valence-electron chi connectivity index (χ0n) is 13.0. The van der Waals surface area contributed by atoms with Gasteiger partial charge in [0.25, 0.3) is 5.91 Å². The second-order valence-electron chi connectivity index (χ2n) is 5.73. The number of hydrogen-bond acceptors (Lipinski definition) is 3. The summed E-state index contributed by atoms with van der Waals surface area (Å²) in [7, 11) is 1.72. The van der Waals surface area contributed by atoms with Gasteiger partial charge in [0.1, 0.15) is 5.76 Å². The lowest BCUT2D eigenvalue weighted by Gasteiger charge is -2.27. The molecule has 1 fully saturated rings. The summed E-state index contributed by atoms with van der Waals surface area (Å²) in [5.74, 6) is 1.12. The molecular weight excluding hydrogens is 278 g/mol. The van der Waals surface area contributed by atoms with Crippen molar-refractivity contribution in [1.82, 2.24) is 4.90 Å². The molecule has 2 atom stereocenters. The van der Waals surface area contributed by atoms with E-state index in [1.807, 2.05) is 36.1 Å². The molecule has 2 heterocycles. The Hall–Kier alpha value is -2.07. The normalized spacial score (nSPS) is 21.3. The average Bonchev–Trinajstić information content (AvgIpc) is 3.14. The lowest BCUT2D eigenvalue weighted by atomic mass is 10.0. The monoisotopic (exact) mass is 299 g/mol. The molecule has 0 saturated carbocycles. The zero-order valence-corrected chi connectivity index (χ0v) is 13.0. The molecule has 22 heavy (non-hydrogen) atoms. The van der Waals surface area contributed by atoms with Crippen LogP contribution in [0.4, 0.5) is 0 Å². The molecule has 1 aliphatic rings. The number of ether oxygens (including phenoxy) is 1. The predicted molar refractivity (Wildman–Crippen MR) is 83.8 cm³/mol. The smallest absolute Gasteiger partial charge is 0.289 e. The van der Waals surface area contributed by atoms with E-state index in [0.717, 1.165) is 18.6 Å². The number of rotatable bonds is 4. The fourth-order valence-corrected chi connectivity index (χ4v) is 3.14. The third kappa shape index (κ3) is 2.92. The largest absolute Gasteiger partial charge is 0.456 e. The van der Waals surface area contributed by atoms with Crippen LogP contribution in [0.5, 0.6) is 0 Å². The standard InChI is InChI=1S/C18H21NO3/c1-13-8-9-17(22-13)18(20)19-11-10-16(21-2)15(19)12-14-6-4-3-5-7-14/h3-9,15-16H,10-12H2,1-2H3/t15-,16+/m0/s1. The summed E-state index contributed by atoms with van der Waals surface area (Å²) in [5, 5.41) is 0. The van der Waals surface area contributed by atoms with E-state index >= 15 is 0 Å². The van der Waals surface area contributed by atoms with Gasteiger partial charge in [-0.05, 0) is 37.5 Å². The molecule has 1 saturated heterocycles. The van der Waals surface area contributed by atoms with Gasteiger partial charge in [0.05, 0.1) is 12.1 Å². The molecule has 3 rings (SSSR count). The second-order valence-corrected chi connectivity index (χ2v) is 5.73. The number of likely N-dealkylation sites (tertiary alicyclic amines) is 1. The maximum atomic E-state index is 12.7. The summed E-state index contributed by atoms with van der Waals surface area (Å²) in [5.41, 5.74) is 1.21. The average molecular weight is 299 g/mol. The van der Waals surface area contributed by atoms with Crippen LogP contribution in [-0.4, -0.2) is 36.6 Å². The molecule has 1 aliphatic heterocycles. The van der Waals surface area contributed by atoms with E-state index in [1.54, 1.807) is 13.2 Å². The fourth-order valence-electron chi connectivity index (χ4n) is 3.14. The van der Waals surface area contributed by atoms with E-state index in [9.17, 15) is 4.79 Å². The van der Waals surface area contributed by atoms with Gasteiger partial charge in [0, 0.05) is 13.7 Å². The highest BCUT2D eigenvalue weighted by molar-refractivity contribution is 5.92. The number of hydrogen-bond donors (Lipinski definition) is 0. The molecule has 4 heteroatoms. The van der Waals surface area contributed by atoms with E-state index < -0.39 is 0 Å². The maximum absolute atomic E-state index is 12.7. The quantitative estimate of drug-likeness (QED) is 0.871. The second kappa shape index (κ2) is 6.36. The highest BCUT2D eigenvalue weighted by Crippen LogP contribution is 2.26. The van der Waals surface area contributed by atoms with Crippen LogP contribution in [0.15, 0.2) is 46.9 Å². The SMILES string of the molecule is CO[C@@H]1CCN(C(=O)c2ccc(C)o2)[C@H]1Cc1ccccc1. The van der Waals surface area contributed by atoms with Crippen LogP contribution in [0.1, 0.15) is 28.3 Å². The van der Waals surface area contributed by atoms with Gasteiger partial charge in [0.15, 0.2) is 5.76 Å². The molecule has 0 aliphatic carbocycles. The van der Waals surface area contributed by atoms with E-state index in [2.05, 4.69) is 12.1 Å². The molecule has 2 aromatic rings. The first kappa shape index (κ1) is 14.9. The molecule has 4 nitrogen and oxygen atoms in total. The van der Waals surface area contributed by atoms with Gasteiger partial charge in [-0.1, -0.05) is 30.3 Å². The van der Waals surface area contributed by atoms with Crippen LogP contribution < -0.4 is 0 Å². The number of aryl methyl sites for hydroxylation is 1. The van der Waals surface area contributed by atoms with Gasteiger partial charge in [-0.25, -0.2) is 0 Å². The summed E-state index contributed by atoms with van der Waals surface area (Å²) in [6, 6.07) is 13.8. The van der Waals surface area contributed by atoms with E-state index in [0.29, 0.717) is 12.3 Å². The lowest BCUT2D eigenvalue weighted by molar-refractivity contribution is 0.0487. The third-order valence-electron chi connectivity index (χ3n) is 4.29. The number of carbonyl (C=O) groups excluding carboxylic acids is 1. The maximum Gasteiger partial charge on any atom is 0.289 e. The number of carbonyl (C=O) groups is 1. The van der Waals surface area contributed by atoms with Crippen LogP contribution in [0.25, 0.3) is 0 Å². The van der Waals surface area contributed by atoms with Crippen molar-refractivity contribution in [3.63, 3.8) is 0 Å². The summed E-state index contributed by atoms with van der Waals surface area (Å²) < 4.78 is 11.1. The van der Waals surface area contributed by atoms with Crippen molar-refractivity contribution in [2.45, 2.75) is 31.9 Å². The molecule has 116 valence electrons. The van der Waals surface area contributed by atoms with Crippen LogP contribution in [0, 0.1) is 6.92 Å². The van der Waals surface area contributed by atoms with Gasteiger partial charge < -0.3 is 14.1 Å². The summed E-state index contributed by atoms with van der Waals surface area (Å²) >= 11 is 0. The Bertz CT molecular complexity index is 635. The van der Waals surface area contributed by atoms with Crippen molar-refractivity contribution in [2.75, 3.05) is 13.7 Å². The van der Waals surface area contributed by atoms with Crippen LogP contribution in [0.2, 0.25) is 0 Å². The molecule has 0 radical (unpaired) electrons. The van der Waals surface area contributed by atoms with Gasteiger partial charge in [-0.15, -0.1) is 0 Å². The van der Waals surface area contributed by atoms with Crippen LogP contribution in [-0.2, 0) is 11.2 Å². The Morgan fingerprint density at radius 3 is 2.68 bits per heavy atom. The van der Waals surface area contributed by atoms with Crippen molar-refractivity contribution in [1.29, 1.82) is 0 Å². The third-order valence-corrected chi connectivity index (χ3v) is 4.29. The Morgan fingerprint density at radius 1 is 1.27 bits per heavy atom. The van der Waals surface area contributed by atoms with E-state index in [1.165, 1.54) is 5.56 Å². The van der Waals surface area contributed by atoms with E-state index in [-0.39, 0.29) is 18.1 Å². The summed E-state index contributed by atoms with van der Waals surface area (Å²) in [4.78, 5) is 14.6. The Balaban J connectivity index is 1.81. The number of benzene rings is 1. The molecule has 0 unspecified atom stereocenters. The number of furan rings is 1. The first-order valence-electron chi connectivity index (χ1n) is 7.63. The Morgan fingerprint density at radius 2 is 2.05 bits per heavy atom. The number of amides is 1. The topological polar surface area (TPSA) is 42.7 Å². The molecule has 0 spiro atoms. The molecule has 0 N–H and O–H groups in total. The first-order valence-corrected chi connectivity index (χ1v) is 7.63. The minimum Gasteiger partial charge on any atom is -0.456 e. The number of methoxy groups -OCH3 is 1. The molecular formula is C18H21NO3. The summed E-state index contributed by atoms with van der Waals surface area (Å²) in [6.45, 7) is 2.55. The lowest BCUT2D eigenvalue weighted by Crippen LogP contribution is -2.41. The highest BCUT2D eigenvalue weighted by atomic mass is 16.5. The van der Waals surface area contributed by atoms with E-state index in [4.69, 9.17) is 9.15 Å². The number of nitrogens with zero attached hydrogens (tertiary/aromatic N) is 1. The summed E-state index contributed by atoms with van der Waals surface area (Å²) in [6.07, 6.45) is 1.73. The van der Waals surface area contributed by atoms with Gasteiger partial charge in [-0.2, -0.15) is 0 Å².